The zero-order chi connectivity index (χ0) is 30.6. The van der Waals surface area contributed by atoms with Gasteiger partial charge in [-0.1, -0.05) is 33.1 Å². The normalized spacial score (nSPS) is 47.6. The lowest BCUT2D eigenvalue weighted by Gasteiger charge is -2.58. The molecule has 12 fully saturated rings. The SMILES string of the molecule is C.C1CC[C@@H]2NCCC[C@H]2C1.O=C(Cl)C12CC3CC(CC(C3)C1)C2.O=C(N1CCC[C@H]2CCCC[C@@H]21)C12CC3CC(CC(C3)C1)C2. The molecule has 10 aliphatic carbocycles. The molecule has 2 heterocycles. The second-order valence-corrected chi connectivity index (χ2v) is 19.0. The summed E-state index contributed by atoms with van der Waals surface area (Å²) in [4.78, 5) is 27.5. The molecule has 0 spiro atoms. The summed E-state index contributed by atoms with van der Waals surface area (Å²) >= 11 is 5.76. The molecular formula is C41H67ClN2O2. The number of likely N-dealkylation sites (tertiary alicyclic amines) is 1. The fourth-order valence-corrected chi connectivity index (χ4v) is 14.6. The second-order valence-electron chi connectivity index (χ2n) is 18.7. The van der Waals surface area contributed by atoms with Crippen LogP contribution in [0.15, 0.2) is 0 Å². The van der Waals surface area contributed by atoms with Crippen molar-refractivity contribution in [3.8, 4) is 0 Å². The Kier molecular flexibility index (Phi) is 10.3. The Morgan fingerprint density at radius 2 is 1.02 bits per heavy atom. The predicted octanol–water partition coefficient (Wildman–Crippen LogP) is 9.92. The van der Waals surface area contributed by atoms with Crippen molar-refractivity contribution < 1.29 is 9.59 Å². The van der Waals surface area contributed by atoms with Crippen LogP contribution in [0, 0.1) is 58.2 Å². The number of carbonyl (C=O) groups excluding carboxylic acids is 2. The first kappa shape index (κ1) is 33.9. The monoisotopic (exact) mass is 654 g/mol. The molecule has 2 aliphatic heterocycles. The van der Waals surface area contributed by atoms with Crippen molar-refractivity contribution in [2.75, 3.05) is 13.1 Å². The first-order chi connectivity index (χ1) is 21.9. The number of piperidine rings is 2. The van der Waals surface area contributed by atoms with Gasteiger partial charge >= 0.3 is 0 Å². The van der Waals surface area contributed by atoms with Gasteiger partial charge in [-0.2, -0.15) is 0 Å². The highest BCUT2D eigenvalue weighted by molar-refractivity contribution is 6.64. The van der Waals surface area contributed by atoms with Gasteiger partial charge < -0.3 is 10.2 Å². The second kappa shape index (κ2) is 14.0. The standard InChI is InChI=1S/C20H31NO.C11H15ClO.C9H17N.CH4/c22-19(21-7-3-5-17-4-1-2-6-18(17)21)20-11-14-8-15(12-20)10-16(9-14)13-20;12-10(13)11-4-7-1-8(5-11)3-9(2-7)6-11;1-2-6-9-8(4-1)5-3-7-10-9;/h14-18H,1-13H2;7-9H,1-6H2;8-10H,1-7H2;1H4/t14?,15?,16?,17-,18+,20?;;8-,9+;/m1.1./s1. The van der Waals surface area contributed by atoms with Gasteiger partial charge in [0.15, 0.2) is 0 Å². The number of carbonyl (C=O) groups is 2. The van der Waals surface area contributed by atoms with E-state index in [1.54, 1.807) is 0 Å². The van der Waals surface area contributed by atoms with Crippen LogP contribution in [0.4, 0.5) is 0 Å². The van der Waals surface area contributed by atoms with E-state index in [-0.39, 0.29) is 23.5 Å². The third-order valence-electron chi connectivity index (χ3n) is 15.5. The van der Waals surface area contributed by atoms with E-state index < -0.39 is 0 Å². The molecule has 10 saturated carbocycles. The number of hydrogen-bond donors (Lipinski definition) is 1. The Morgan fingerprint density at radius 3 is 1.57 bits per heavy atom. The smallest absolute Gasteiger partial charge is 0.229 e. The lowest BCUT2D eigenvalue weighted by molar-refractivity contribution is -0.164. The largest absolute Gasteiger partial charge is 0.339 e. The molecule has 0 unspecified atom stereocenters. The van der Waals surface area contributed by atoms with Crippen LogP contribution in [0.1, 0.15) is 162 Å². The predicted molar refractivity (Wildman–Crippen MR) is 188 cm³/mol. The first-order valence-corrected chi connectivity index (χ1v) is 20.5. The molecule has 0 aromatic heterocycles. The van der Waals surface area contributed by atoms with Gasteiger partial charge in [0, 0.05) is 24.0 Å². The van der Waals surface area contributed by atoms with Crippen LogP contribution in [-0.2, 0) is 9.59 Å². The molecule has 0 aromatic carbocycles. The molecule has 260 valence electrons. The Labute approximate surface area is 286 Å². The summed E-state index contributed by atoms with van der Waals surface area (Å²) in [6, 6.07) is 1.52. The van der Waals surface area contributed by atoms with Gasteiger partial charge in [-0.05, 0) is 194 Å². The van der Waals surface area contributed by atoms with Gasteiger partial charge in [0.05, 0.1) is 5.41 Å². The zero-order valence-corrected chi connectivity index (χ0v) is 29.1. The van der Waals surface area contributed by atoms with E-state index in [1.165, 1.54) is 141 Å². The number of rotatable bonds is 2. The number of halogens is 1. The minimum absolute atomic E-state index is 0. The molecule has 4 nitrogen and oxygen atoms in total. The molecule has 46 heavy (non-hydrogen) atoms. The van der Waals surface area contributed by atoms with E-state index in [9.17, 15) is 9.59 Å². The summed E-state index contributed by atoms with van der Waals surface area (Å²) in [7, 11) is 0. The minimum Gasteiger partial charge on any atom is -0.339 e. The Hall–Kier alpha value is -0.610. The van der Waals surface area contributed by atoms with E-state index in [2.05, 4.69) is 10.2 Å². The van der Waals surface area contributed by atoms with Crippen molar-refractivity contribution in [1.82, 2.24) is 10.2 Å². The number of hydrogen-bond acceptors (Lipinski definition) is 3. The van der Waals surface area contributed by atoms with E-state index in [0.717, 1.165) is 79.2 Å². The fourth-order valence-electron chi connectivity index (χ4n) is 14.4. The number of fused-ring (bicyclic) bond motifs is 2. The molecular weight excluding hydrogens is 588 g/mol. The molecule has 0 radical (unpaired) electrons. The maximum absolute atomic E-state index is 13.6. The number of nitrogens with one attached hydrogen (secondary N) is 1. The molecule has 0 aromatic rings. The van der Waals surface area contributed by atoms with Crippen molar-refractivity contribution >= 4 is 22.8 Å². The van der Waals surface area contributed by atoms with Gasteiger partial charge in [0.1, 0.15) is 0 Å². The number of nitrogens with zero attached hydrogens (tertiary/aromatic N) is 1. The van der Waals surface area contributed by atoms with Gasteiger partial charge in [0.25, 0.3) is 0 Å². The van der Waals surface area contributed by atoms with Gasteiger partial charge in [-0.25, -0.2) is 0 Å². The van der Waals surface area contributed by atoms with Crippen LogP contribution in [0.2, 0.25) is 0 Å². The maximum Gasteiger partial charge on any atom is 0.229 e. The molecule has 12 rings (SSSR count). The van der Waals surface area contributed by atoms with E-state index in [4.69, 9.17) is 11.6 Å². The summed E-state index contributed by atoms with van der Waals surface area (Å²) in [5.41, 5.74) is 0.0182. The van der Waals surface area contributed by atoms with E-state index in [0.29, 0.717) is 11.9 Å². The van der Waals surface area contributed by atoms with Crippen LogP contribution in [0.5, 0.6) is 0 Å². The topological polar surface area (TPSA) is 49.4 Å². The molecule has 8 bridgehead atoms. The third-order valence-corrected chi connectivity index (χ3v) is 15.9. The van der Waals surface area contributed by atoms with E-state index in [1.807, 2.05) is 0 Å². The first-order valence-electron chi connectivity index (χ1n) is 20.1. The Bertz CT molecular complexity index is 990. The zero-order valence-electron chi connectivity index (χ0n) is 28.3. The van der Waals surface area contributed by atoms with Crippen molar-refractivity contribution in [2.45, 2.75) is 174 Å². The molecule has 4 atom stereocenters. The van der Waals surface area contributed by atoms with Crippen molar-refractivity contribution in [3.63, 3.8) is 0 Å². The lowest BCUT2D eigenvalue weighted by atomic mass is 9.49. The Balaban J connectivity index is 0.000000120. The maximum atomic E-state index is 13.6. The quantitative estimate of drug-likeness (QED) is 0.302. The highest BCUT2D eigenvalue weighted by Gasteiger charge is 2.57. The third kappa shape index (κ3) is 6.64. The summed E-state index contributed by atoms with van der Waals surface area (Å²) in [5.74, 6) is 7.65. The summed E-state index contributed by atoms with van der Waals surface area (Å²) in [6.45, 7) is 2.35. The average Bonchev–Trinajstić information content (AvgIpc) is 3.04. The van der Waals surface area contributed by atoms with Gasteiger partial charge in [0.2, 0.25) is 11.1 Å². The summed E-state index contributed by atoms with van der Waals surface area (Å²) in [5, 5.41) is 3.59. The van der Waals surface area contributed by atoms with Crippen molar-refractivity contribution in [2.24, 2.45) is 58.2 Å². The van der Waals surface area contributed by atoms with Crippen molar-refractivity contribution in [3.05, 3.63) is 0 Å². The minimum atomic E-state index is -0.0731. The Morgan fingerprint density at radius 1 is 0.565 bits per heavy atom. The lowest BCUT2D eigenvalue weighted by Crippen LogP contribution is -2.59. The van der Waals surface area contributed by atoms with Crippen LogP contribution in [0.25, 0.3) is 0 Å². The van der Waals surface area contributed by atoms with Crippen LogP contribution < -0.4 is 5.32 Å². The summed E-state index contributed by atoms with van der Waals surface area (Å²) < 4.78 is 0. The highest BCUT2D eigenvalue weighted by atomic mass is 35.5. The molecule has 1 N–H and O–H groups in total. The van der Waals surface area contributed by atoms with E-state index >= 15 is 0 Å². The van der Waals surface area contributed by atoms with Crippen LogP contribution in [-0.4, -0.2) is 41.2 Å². The molecule has 1 amide bonds. The molecule has 5 heteroatoms. The summed E-state index contributed by atoms with van der Waals surface area (Å²) in [6.07, 6.45) is 32.4. The molecule has 12 aliphatic rings. The van der Waals surface area contributed by atoms with Crippen LogP contribution >= 0.6 is 11.6 Å². The fraction of sp³-hybridized carbons (Fsp3) is 0.951. The van der Waals surface area contributed by atoms with Gasteiger partial charge in [-0.3, -0.25) is 9.59 Å². The number of amides is 1. The highest BCUT2D eigenvalue weighted by Crippen LogP contribution is 2.62. The van der Waals surface area contributed by atoms with Crippen molar-refractivity contribution in [1.29, 1.82) is 0 Å². The van der Waals surface area contributed by atoms with Gasteiger partial charge in [-0.15, -0.1) is 0 Å². The molecule has 2 saturated heterocycles. The average molecular weight is 655 g/mol. The van der Waals surface area contributed by atoms with Crippen LogP contribution in [0.3, 0.4) is 0 Å².